The molecule has 1 fully saturated rings. The van der Waals surface area contributed by atoms with Gasteiger partial charge in [0.25, 0.3) is 17.7 Å². The number of amides is 3. The molecular weight excluding hydrogens is 421 g/mol. The first kappa shape index (κ1) is 21.1. The highest BCUT2D eigenvalue weighted by molar-refractivity contribution is 6.53. The second-order valence-corrected chi connectivity index (χ2v) is 8.03. The van der Waals surface area contributed by atoms with Crippen LogP contribution in [0.2, 0.25) is 0 Å². The van der Waals surface area contributed by atoms with E-state index in [0.29, 0.717) is 11.3 Å². The summed E-state index contributed by atoms with van der Waals surface area (Å²) in [4.78, 5) is 40.8. The largest absolute Gasteiger partial charge is 0.350 e. The maximum atomic E-state index is 13.2. The number of halogens is 2. The van der Waals surface area contributed by atoms with Crippen molar-refractivity contribution in [3.8, 4) is 0 Å². The molecule has 6 nitrogen and oxygen atoms in total. The van der Waals surface area contributed by atoms with Gasteiger partial charge in [0.2, 0.25) is 0 Å². The summed E-state index contributed by atoms with van der Waals surface area (Å²) in [5.41, 5.74) is 1.22. The maximum Gasteiger partial charge on any atom is 0.283 e. The number of nitrogens with one attached hydrogen (secondary N) is 1. The zero-order valence-corrected chi connectivity index (χ0v) is 17.7. The van der Waals surface area contributed by atoms with E-state index >= 15 is 0 Å². The molecule has 2 aliphatic heterocycles. The monoisotopic (exact) mass is 441 g/mol. The van der Waals surface area contributed by atoms with Crippen LogP contribution in [0.25, 0.3) is 0 Å². The van der Waals surface area contributed by atoms with Crippen molar-refractivity contribution in [2.24, 2.45) is 0 Å². The lowest BCUT2D eigenvalue weighted by Gasteiger charge is -2.33. The van der Waals surface area contributed by atoms with E-state index in [-0.39, 0.29) is 28.4 Å². The van der Waals surface area contributed by atoms with Crippen molar-refractivity contribution in [2.45, 2.75) is 32.2 Å². The topological polar surface area (TPSA) is 69.7 Å². The molecule has 2 aromatic rings. The Labute approximate surface area is 184 Å². The predicted molar refractivity (Wildman–Crippen MR) is 116 cm³/mol. The fourth-order valence-corrected chi connectivity index (χ4v) is 4.05. The van der Waals surface area contributed by atoms with Crippen molar-refractivity contribution in [3.63, 3.8) is 0 Å². The van der Waals surface area contributed by atoms with Crippen LogP contribution in [-0.4, -0.2) is 35.2 Å². The molecular formula is C23H21ClFN3O3. The van der Waals surface area contributed by atoms with Crippen LogP contribution in [0.4, 0.5) is 15.8 Å². The van der Waals surface area contributed by atoms with E-state index in [1.54, 1.807) is 24.3 Å². The highest BCUT2D eigenvalue weighted by Gasteiger charge is 2.39. The Bertz CT molecular complexity index is 1070. The van der Waals surface area contributed by atoms with Gasteiger partial charge >= 0.3 is 0 Å². The standard InChI is InChI=1S/C23H21ClFN3O3/c1-14-4-2-3-13-27(14)21(29)15-5-9-17(10-6-15)26-20-19(24)22(30)28(23(20)31)18-11-7-16(25)8-12-18/h5-12,14,26H,2-4,13H2,1H3. The van der Waals surface area contributed by atoms with Gasteiger partial charge < -0.3 is 10.2 Å². The van der Waals surface area contributed by atoms with Gasteiger partial charge in [-0.2, -0.15) is 0 Å². The molecule has 2 aromatic carbocycles. The van der Waals surface area contributed by atoms with E-state index in [4.69, 9.17) is 11.6 Å². The van der Waals surface area contributed by atoms with Crippen molar-refractivity contribution < 1.29 is 18.8 Å². The second-order valence-electron chi connectivity index (χ2n) is 7.66. The average Bonchev–Trinajstić information content (AvgIpc) is 2.98. The number of rotatable bonds is 4. The molecule has 8 heteroatoms. The molecule has 0 spiro atoms. The molecule has 1 atom stereocenters. The third-order valence-electron chi connectivity index (χ3n) is 5.58. The lowest BCUT2D eigenvalue weighted by Crippen LogP contribution is -2.42. The maximum absolute atomic E-state index is 13.2. The first-order valence-electron chi connectivity index (χ1n) is 10.1. The highest BCUT2D eigenvalue weighted by atomic mass is 35.5. The Morgan fingerprint density at radius 1 is 1.03 bits per heavy atom. The van der Waals surface area contributed by atoms with Crippen LogP contribution in [0.15, 0.2) is 59.3 Å². The zero-order valence-electron chi connectivity index (χ0n) is 16.9. The molecule has 0 saturated carbocycles. The van der Waals surface area contributed by atoms with Crippen molar-refractivity contribution in [2.75, 3.05) is 16.8 Å². The van der Waals surface area contributed by atoms with Crippen LogP contribution in [0, 0.1) is 5.82 Å². The molecule has 0 radical (unpaired) electrons. The van der Waals surface area contributed by atoms with E-state index in [1.165, 1.54) is 12.1 Å². The Hall–Kier alpha value is -3.19. The molecule has 0 bridgehead atoms. The molecule has 4 rings (SSSR count). The third-order valence-corrected chi connectivity index (χ3v) is 5.93. The van der Waals surface area contributed by atoms with Gasteiger partial charge in [-0.25, -0.2) is 9.29 Å². The first-order valence-corrected chi connectivity index (χ1v) is 10.5. The van der Waals surface area contributed by atoms with E-state index in [9.17, 15) is 18.8 Å². The van der Waals surface area contributed by atoms with E-state index < -0.39 is 17.6 Å². The highest BCUT2D eigenvalue weighted by Crippen LogP contribution is 2.30. The molecule has 2 heterocycles. The van der Waals surface area contributed by atoms with Gasteiger partial charge in [0, 0.05) is 23.8 Å². The van der Waals surface area contributed by atoms with Crippen molar-refractivity contribution in [1.29, 1.82) is 0 Å². The molecule has 0 aromatic heterocycles. The van der Waals surface area contributed by atoms with Crippen molar-refractivity contribution in [3.05, 3.63) is 70.6 Å². The number of likely N-dealkylation sites (tertiary alicyclic amines) is 1. The predicted octanol–water partition coefficient (Wildman–Crippen LogP) is 4.28. The summed E-state index contributed by atoms with van der Waals surface area (Å²) in [6.07, 6.45) is 3.13. The van der Waals surface area contributed by atoms with Gasteiger partial charge in [-0.3, -0.25) is 14.4 Å². The molecule has 160 valence electrons. The van der Waals surface area contributed by atoms with Gasteiger partial charge in [0.15, 0.2) is 0 Å². The number of hydrogen-bond donors (Lipinski definition) is 1. The van der Waals surface area contributed by atoms with Crippen LogP contribution < -0.4 is 10.2 Å². The summed E-state index contributed by atoms with van der Waals surface area (Å²) in [5, 5.41) is 2.62. The summed E-state index contributed by atoms with van der Waals surface area (Å²) in [5.74, 6) is -1.82. The molecule has 1 unspecified atom stereocenters. The van der Waals surface area contributed by atoms with E-state index in [1.807, 2.05) is 4.90 Å². The minimum atomic E-state index is -0.688. The second kappa shape index (κ2) is 8.51. The van der Waals surface area contributed by atoms with Gasteiger partial charge in [0.05, 0.1) is 5.69 Å². The van der Waals surface area contributed by atoms with Gasteiger partial charge in [-0.1, -0.05) is 11.6 Å². The minimum Gasteiger partial charge on any atom is -0.350 e. The number of anilines is 2. The Morgan fingerprint density at radius 3 is 2.35 bits per heavy atom. The average molecular weight is 442 g/mol. The minimum absolute atomic E-state index is 0.0226. The van der Waals surface area contributed by atoms with Crippen LogP contribution in [0.3, 0.4) is 0 Å². The van der Waals surface area contributed by atoms with Crippen LogP contribution in [-0.2, 0) is 9.59 Å². The van der Waals surface area contributed by atoms with E-state index in [0.717, 1.165) is 42.8 Å². The molecule has 1 N–H and O–H groups in total. The first-order chi connectivity index (χ1) is 14.9. The summed E-state index contributed by atoms with van der Waals surface area (Å²) in [7, 11) is 0. The summed E-state index contributed by atoms with van der Waals surface area (Å²) in [6.45, 7) is 2.80. The quantitative estimate of drug-likeness (QED) is 0.719. The summed E-state index contributed by atoms with van der Waals surface area (Å²) in [6, 6.07) is 11.9. The molecule has 3 amide bonds. The molecule has 2 aliphatic rings. The lowest BCUT2D eigenvalue weighted by molar-refractivity contribution is -0.120. The number of nitrogens with zero attached hydrogens (tertiary/aromatic N) is 2. The molecule has 31 heavy (non-hydrogen) atoms. The fraction of sp³-hybridized carbons (Fsp3) is 0.261. The summed E-state index contributed by atoms with van der Waals surface area (Å²) >= 11 is 6.12. The normalized spacial score (nSPS) is 19.3. The van der Waals surface area contributed by atoms with Gasteiger partial charge in [0.1, 0.15) is 16.5 Å². The zero-order chi connectivity index (χ0) is 22.1. The Balaban J connectivity index is 1.50. The lowest BCUT2D eigenvalue weighted by atomic mass is 10.0. The van der Waals surface area contributed by atoms with Crippen LogP contribution in [0.1, 0.15) is 36.5 Å². The SMILES string of the molecule is CC1CCCCN1C(=O)c1ccc(NC2=C(Cl)C(=O)N(c3ccc(F)cc3)C2=O)cc1. The molecule has 1 saturated heterocycles. The number of hydrogen-bond acceptors (Lipinski definition) is 4. The van der Waals surface area contributed by atoms with Crippen molar-refractivity contribution in [1.82, 2.24) is 4.90 Å². The van der Waals surface area contributed by atoms with Gasteiger partial charge in [-0.05, 0) is 74.7 Å². The Morgan fingerprint density at radius 2 is 1.71 bits per heavy atom. The Kier molecular flexibility index (Phi) is 5.78. The molecule has 0 aliphatic carbocycles. The number of imide groups is 1. The smallest absolute Gasteiger partial charge is 0.283 e. The van der Waals surface area contributed by atoms with Crippen LogP contribution >= 0.6 is 11.6 Å². The fourth-order valence-electron chi connectivity index (χ4n) is 3.84. The third kappa shape index (κ3) is 4.05. The van der Waals surface area contributed by atoms with Gasteiger partial charge in [-0.15, -0.1) is 0 Å². The number of carbonyl (C=O) groups excluding carboxylic acids is 3. The van der Waals surface area contributed by atoms with Crippen LogP contribution in [0.5, 0.6) is 0 Å². The number of carbonyl (C=O) groups is 3. The number of benzene rings is 2. The van der Waals surface area contributed by atoms with E-state index in [2.05, 4.69) is 12.2 Å². The summed E-state index contributed by atoms with van der Waals surface area (Å²) < 4.78 is 13.2. The number of piperidine rings is 1. The van der Waals surface area contributed by atoms with Crippen molar-refractivity contribution >= 4 is 40.7 Å².